The Labute approximate surface area is 193 Å². The first-order chi connectivity index (χ1) is 15.6. The molecule has 0 N–H and O–H groups in total. The molecule has 6 heteroatoms. The van der Waals surface area contributed by atoms with Gasteiger partial charge in [0, 0.05) is 22.5 Å². The van der Waals surface area contributed by atoms with Crippen LogP contribution in [0.1, 0.15) is 10.4 Å². The van der Waals surface area contributed by atoms with Gasteiger partial charge in [0.1, 0.15) is 0 Å². The molecule has 0 saturated carbocycles. The Hall–Kier alpha value is -3.54. The molecule has 0 aliphatic rings. The maximum absolute atomic E-state index is 13.5. The van der Waals surface area contributed by atoms with E-state index in [-0.39, 0.29) is 5.91 Å². The van der Waals surface area contributed by atoms with Gasteiger partial charge in [-0.15, -0.1) is 6.58 Å². The molecule has 0 aliphatic heterocycles. The van der Waals surface area contributed by atoms with Crippen LogP contribution in [0.3, 0.4) is 0 Å². The van der Waals surface area contributed by atoms with Crippen LogP contribution >= 0.6 is 22.9 Å². The van der Waals surface area contributed by atoms with E-state index in [0.717, 1.165) is 32.4 Å². The minimum absolute atomic E-state index is 0.309. The molecule has 0 aliphatic carbocycles. The lowest BCUT2D eigenvalue weighted by Crippen LogP contribution is -2.16. The van der Waals surface area contributed by atoms with Crippen LogP contribution in [0.4, 0.5) is 0 Å². The van der Waals surface area contributed by atoms with Gasteiger partial charge in [-0.25, -0.2) is 4.98 Å². The molecule has 0 spiro atoms. The van der Waals surface area contributed by atoms with Crippen molar-refractivity contribution in [3.8, 4) is 11.3 Å². The van der Waals surface area contributed by atoms with Crippen molar-refractivity contribution in [2.24, 2.45) is 4.99 Å². The number of para-hydroxylation sites is 1. The number of benzene rings is 3. The van der Waals surface area contributed by atoms with Crippen molar-refractivity contribution < 1.29 is 4.79 Å². The van der Waals surface area contributed by atoms with Crippen LogP contribution in [-0.2, 0) is 6.54 Å². The Morgan fingerprint density at radius 1 is 1.06 bits per heavy atom. The topological polar surface area (TPSA) is 47.2 Å². The molecule has 32 heavy (non-hydrogen) atoms. The summed E-state index contributed by atoms with van der Waals surface area (Å²) in [5.41, 5.74) is 3.94. The average molecular weight is 456 g/mol. The van der Waals surface area contributed by atoms with E-state index in [1.807, 2.05) is 83.4 Å². The first-order valence-electron chi connectivity index (χ1n) is 10.1. The van der Waals surface area contributed by atoms with E-state index in [4.69, 9.17) is 16.6 Å². The number of carbonyl (C=O) groups excluding carboxylic acids is 1. The number of hydrogen-bond donors (Lipinski definition) is 0. The fourth-order valence-electron chi connectivity index (χ4n) is 3.69. The summed E-state index contributed by atoms with van der Waals surface area (Å²) in [4.78, 5) is 23.4. The number of aromatic nitrogens is 2. The second kappa shape index (κ2) is 8.54. The Balaban J connectivity index is 1.71. The van der Waals surface area contributed by atoms with Gasteiger partial charge in [0.05, 0.1) is 27.0 Å². The molecule has 0 radical (unpaired) electrons. The van der Waals surface area contributed by atoms with Gasteiger partial charge in [-0.05, 0) is 30.3 Å². The first-order valence-corrected chi connectivity index (χ1v) is 11.3. The highest BCUT2D eigenvalue weighted by Gasteiger charge is 2.15. The number of nitrogens with zero attached hydrogens (tertiary/aromatic N) is 3. The van der Waals surface area contributed by atoms with Crippen LogP contribution in [0.5, 0.6) is 0 Å². The highest BCUT2D eigenvalue weighted by atomic mass is 35.5. The van der Waals surface area contributed by atoms with E-state index in [1.165, 1.54) is 11.3 Å². The van der Waals surface area contributed by atoms with Crippen LogP contribution in [0.2, 0.25) is 5.02 Å². The zero-order chi connectivity index (χ0) is 22.1. The lowest BCUT2D eigenvalue weighted by molar-refractivity contribution is 0.0999. The van der Waals surface area contributed by atoms with E-state index >= 15 is 0 Å². The van der Waals surface area contributed by atoms with Gasteiger partial charge >= 0.3 is 0 Å². The van der Waals surface area contributed by atoms with Gasteiger partial charge in [0.2, 0.25) is 0 Å². The van der Waals surface area contributed by atoms with Crippen LogP contribution in [0.25, 0.3) is 32.4 Å². The third-order valence-electron chi connectivity index (χ3n) is 5.17. The smallest absolute Gasteiger partial charge is 0.280 e. The molecule has 2 heterocycles. The first kappa shape index (κ1) is 20.4. The van der Waals surface area contributed by atoms with E-state index in [1.54, 1.807) is 6.08 Å². The molecule has 0 bridgehead atoms. The van der Waals surface area contributed by atoms with E-state index < -0.39 is 0 Å². The molecule has 4 nitrogen and oxygen atoms in total. The molecular weight excluding hydrogens is 438 g/mol. The summed E-state index contributed by atoms with van der Waals surface area (Å²) in [6.45, 7) is 4.39. The third-order valence-corrected chi connectivity index (χ3v) is 6.45. The number of fused-ring (bicyclic) bond motifs is 2. The Morgan fingerprint density at radius 3 is 2.66 bits per heavy atom. The van der Waals surface area contributed by atoms with Crippen molar-refractivity contribution in [1.29, 1.82) is 0 Å². The van der Waals surface area contributed by atoms with Crippen molar-refractivity contribution in [3.05, 3.63) is 107 Å². The Bertz CT molecular complexity index is 1550. The fourth-order valence-corrected chi connectivity index (χ4v) is 5.01. The summed E-state index contributed by atoms with van der Waals surface area (Å²) in [5.74, 6) is -0.309. The number of halogens is 1. The standard InChI is InChI=1S/C26H18ClN3OS/c1-2-14-30-23-13-12-18(27)15-24(23)32-26(30)29-25(31)20-16-22(17-8-4-3-5-9-17)28-21-11-7-6-10-19(20)21/h2-13,15-16H,1,14H2. The summed E-state index contributed by atoms with van der Waals surface area (Å²) >= 11 is 7.61. The maximum Gasteiger partial charge on any atom is 0.280 e. The predicted molar refractivity (Wildman–Crippen MR) is 132 cm³/mol. The average Bonchev–Trinajstić information content (AvgIpc) is 3.15. The van der Waals surface area contributed by atoms with Gasteiger partial charge in [0.25, 0.3) is 5.91 Å². The zero-order valence-electron chi connectivity index (χ0n) is 17.0. The number of pyridine rings is 1. The van der Waals surface area contributed by atoms with E-state index in [0.29, 0.717) is 21.9 Å². The number of allylic oxidation sites excluding steroid dienone is 1. The van der Waals surface area contributed by atoms with Gasteiger partial charge in [-0.3, -0.25) is 4.79 Å². The SMILES string of the molecule is C=CCn1c(=NC(=O)c2cc(-c3ccccc3)nc3ccccc23)sc2cc(Cl)ccc21. The van der Waals surface area contributed by atoms with Crippen molar-refractivity contribution in [2.45, 2.75) is 6.54 Å². The van der Waals surface area contributed by atoms with Crippen molar-refractivity contribution in [2.75, 3.05) is 0 Å². The summed E-state index contributed by atoms with van der Waals surface area (Å²) in [6, 6.07) is 25.0. The monoisotopic (exact) mass is 455 g/mol. The molecule has 5 aromatic rings. The number of hydrogen-bond acceptors (Lipinski definition) is 3. The van der Waals surface area contributed by atoms with Crippen LogP contribution in [0.15, 0.2) is 96.5 Å². The van der Waals surface area contributed by atoms with Crippen molar-refractivity contribution >= 4 is 50.0 Å². The van der Waals surface area contributed by atoms with Crippen LogP contribution in [0, 0.1) is 0 Å². The summed E-state index contributed by atoms with van der Waals surface area (Å²) in [7, 11) is 0. The fraction of sp³-hybridized carbons (Fsp3) is 0.0385. The maximum atomic E-state index is 13.5. The van der Waals surface area contributed by atoms with Gasteiger partial charge in [0.15, 0.2) is 4.80 Å². The second-order valence-corrected chi connectivity index (χ2v) is 8.70. The molecule has 5 rings (SSSR count). The third kappa shape index (κ3) is 3.77. The number of thiazole rings is 1. The minimum atomic E-state index is -0.309. The molecule has 1 amide bonds. The van der Waals surface area contributed by atoms with Gasteiger partial charge in [-0.1, -0.05) is 77.5 Å². The molecule has 0 atom stereocenters. The summed E-state index contributed by atoms with van der Waals surface area (Å²) in [5, 5.41) is 1.43. The number of rotatable bonds is 4. The summed E-state index contributed by atoms with van der Waals surface area (Å²) < 4.78 is 2.94. The minimum Gasteiger partial charge on any atom is -0.312 e. The van der Waals surface area contributed by atoms with E-state index in [9.17, 15) is 4.79 Å². The highest BCUT2D eigenvalue weighted by molar-refractivity contribution is 7.16. The number of carbonyl (C=O) groups is 1. The summed E-state index contributed by atoms with van der Waals surface area (Å²) in [6.07, 6.45) is 1.79. The quantitative estimate of drug-likeness (QED) is 0.290. The van der Waals surface area contributed by atoms with E-state index in [2.05, 4.69) is 11.6 Å². The molecule has 3 aromatic carbocycles. The molecular formula is C26H18ClN3OS. The Kier molecular flexibility index (Phi) is 5.43. The molecule has 0 fully saturated rings. The van der Waals surface area contributed by atoms with Crippen LogP contribution in [-0.4, -0.2) is 15.5 Å². The Morgan fingerprint density at radius 2 is 1.84 bits per heavy atom. The molecule has 0 unspecified atom stereocenters. The van der Waals surface area contributed by atoms with Crippen LogP contribution < -0.4 is 4.80 Å². The largest absolute Gasteiger partial charge is 0.312 e. The van der Waals surface area contributed by atoms with Crippen molar-refractivity contribution in [3.63, 3.8) is 0 Å². The lowest BCUT2D eigenvalue weighted by Gasteiger charge is -2.07. The zero-order valence-corrected chi connectivity index (χ0v) is 18.6. The number of amides is 1. The van der Waals surface area contributed by atoms with Gasteiger partial charge < -0.3 is 4.57 Å². The lowest BCUT2D eigenvalue weighted by atomic mass is 10.0. The molecule has 0 saturated heterocycles. The van der Waals surface area contributed by atoms with Gasteiger partial charge in [-0.2, -0.15) is 4.99 Å². The molecule has 156 valence electrons. The van der Waals surface area contributed by atoms with Crippen molar-refractivity contribution in [1.82, 2.24) is 9.55 Å². The highest BCUT2D eigenvalue weighted by Crippen LogP contribution is 2.26. The normalized spacial score (nSPS) is 11.8. The predicted octanol–water partition coefficient (Wildman–Crippen LogP) is 6.50. The molecule has 2 aromatic heterocycles. The second-order valence-electron chi connectivity index (χ2n) is 7.25.